The molecule has 1 N–H and O–H groups in total. The fourth-order valence-corrected chi connectivity index (χ4v) is 3.76. The fourth-order valence-electron chi connectivity index (χ4n) is 3.76. The number of nitrogens with zero attached hydrogens (tertiary/aromatic N) is 4. The van der Waals surface area contributed by atoms with Gasteiger partial charge in [-0.25, -0.2) is 4.79 Å². The van der Waals surface area contributed by atoms with Crippen molar-refractivity contribution in [3.63, 3.8) is 0 Å². The molecule has 2 aromatic rings. The molecule has 7 heteroatoms. The summed E-state index contributed by atoms with van der Waals surface area (Å²) in [5.41, 5.74) is 1.14. The van der Waals surface area contributed by atoms with Crippen LogP contribution in [0.4, 0.5) is 10.7 Å². The topological polar surface area (TPSA) is 72.3 Å². The molecule has 0 aliphatic carbocycles. The van der Waals surface area contributed by atoms with Gasteiger partial charge in [0.25, 0.3) is 0 Å². The number of ether oxygens (including phenoxy) is 1. The molecule has 0 spiro atoms. The van der Waals surface area contributed by atoms with Gasteiger partial charge in [-0.3, -0.25) is 10.00 Å². The van der Waals surface area contributed by atoms with E-state index < -0.39 is 0 Å². The highest BCUT2D eigenvalue weighted by molar-refractivity contribution is 5.87. The molecular formula is C17H21N5O2. The van der Waals surface area contributed by atoms with Crippen molar-refractivity contribution in [2.75, 3.05) is 31.6 Å². The van der Waals surface area contributed by atoms with E-state index >= 15 is 0 Å². The lowest BCUT2D eigenvalue weighted by Crippen LogP contribution is -2.39. The lowest BCUT2D eigenvalue weighted by Gasteiger charge is -2.27. The average molecular weight is 327 g/mol. The molecule has 126 valence electrons. The summed E-state index contributed by atoms with van der Waals surface area (Å²) in [7, 11) is 1.81. The van der Waals surface area contributed by atoms with Gasteiger partial charge < -0.3 is 9.64 Å². The van der Waals surface area contributed by atoms with E-state index in [4.69, 9.17) is 4.74 Å². The molecular weight excluding hydrogens is 306 g/mol. The van der Waals surface area contributed by atoms with Gasteiger partial charge in [0.1, 0.15) is 5.82 Å². The zero-order valence-corrected chi connectivity index (χ0v) is 13.9. The second-order valence-corrected chi connectivity index (χ2v) is 6.65. The first-order valence-electron chi connectivity index (χ1n) is 8.15. The third-order valence-corrected chi connectivity index (χ3v) is 5.21. The number of benzene rings is 1. The van der Waals surface area contributed by atoms with Crippen molar-refractivity contribution in [3.8, 4) is 0 Å². The second kappa shape index (κ2) is 5.59. The van der Waals surface area contributed by atoms with E-state index in [1.165, 1.54) is 5.56 Å². The normalized spacial score (nSPS) is 25.8. The van der Waals surface area contributed by atoms with Crippen LogP contribution in [0.2, 0.25) is 0 Å². The molecule has 3 heterocycles. The number of urea groups is 1. The molecule has 2 amide bonds. The largest absolute Gasteiger partial charge is 0.380 e. The van der Waals surface area contributed by atoms with E-state index in [0.29, 0.717) is 38.2 Å². The van der Waals surface area contributed by atoms with Gasteiger partial charge in [-0.15, -0.1) is 5.10 Å². The van der Waals surface area contributed by atoms with E-state index in [-0.39, 0.29) is 11.4 Å². The van der Waals surface area contributed by atoms with Crippen LogP contribution in [0, 0.1) is 12.8 Å². The number of fused-ring (bicyclic) bond motifs is 1. The van der Waals surface area contributed by atoms with Crippen molar-refractivity contribution in [1.29, 1.82) is 0 Å². The van der Waals surface area contributed by atoms with Crippen LogP contribution >= 0.6 is 0 Å². The summed E-state index contributed by atoms with van der Waals surface area (Å²) in [6.07, 6.45) is 0. The lowest BCUT2D eigenvalue weighted by atomic mass is 9.75. The van der Waals surface area contributed by atoms with Crippen LogP contribution in [0.5, 0.6) is 0 Å². The number of carbonyl (C=O) groups excluding carboxylic acids is 1. The zero-order chi connectivity index (χ0) is 16.7. The van der Waals surface area contributed by atoms with Crippen LogP contribution in [0.15, 0.2) is 30.3 Å². The number of aromatic nitrogens is 3. The first-order chi connectivity index (χ1) is 11.6. The number of likely N-dealkylation sites (tertiary alicyclic amines) is 1. The van der Waals surface area contributed by atoms with Gasteiger partial charge in [-0.1, -0.05) is 30.3 Å². The number of carbonyl (C=O) groups is 1. The molecule has 2 aliphatic rings. The van der Waals surface area contributed by atoms with Gasteiger partial charge in [0, 0.05) is 31.5 Å². The van der Waals surface area contributed by atoms with Crippen LogP contribution in [-0.2, 0) is 17.2 Å². The summed E-state index contributed by atoms with van der Waals surface area (Å²) in [5, 5.41) is 7.00. The highest BCUT2D eigenvalue weighted by atomic mass is 16.5. The molecule has 4 rings (SSSR count). The van der Waals surface area contributed by atoms with Crippen molar-refractivity contribution in [1.82, 2.24) is 19.7 Å². The SMILES string of the molecule is Cc1nc(NC(=O)N2C[C@@H]3COC[C@]3(c3ccccc3)C2)nn1C. The Hall–Kier alpha value is -2.41. The van der Waals surface area contributed by atoms with Crippen molar-refractivity contribution in [2.24, 2.45) is 13.0 Å². The Morgan fingerprint density at radius 1 is 1.38 bits per heavy atom. The zero-order valence-electron chi connectivity index (χ0n) is 13.9. The highest BCUT2D eigenvalue weighted by Gasteiger charge is 2.52. The van der Waals surface area contributed by atoms with Gasteiger partial charge in [0.05, 0.1) is 13.2 Å². The maximum atomic E-state index is 12.6. The summed E-state index contributed by atoms with van der Waals surface area (Å²) in [4.78, 5) is 18.7. The Kier molecular flexibility index (Phi) is 3.53. The summed E-state index contributed by atoms with van der Waals surface area (Å²) in [6.45, 7) is 4.54. The Morgan fingerprint density at radius 2 is 2.17 bits per heavy atom. The second-order valence-electron chi connectivity index (χ2n) is 6.65. The third kappa shape index (κ3) is 2.36. The number of nitrogens with one attached hydrogen (secondary N) is 1. The molecule has 0 saturated carbocycles. The number of anilines is 1. The van der Waals surface area contributed by atoms with E-state index in [1.807, 2.05) is 30.0 Å². The lowest BCUT2D eigenvalue weighted by molar-refractivity contribution is 0.152. The average Bonchev–Trinajstić information content (AvgIpc) is 3.21. The van der Waals surface area contributed by atoms with Crippen LogP contribution in [-0.4, -0.2) is 52.0 Å². The Balaban J connectivity index is 1.53. The minimum absolute atomic E-state index is 0.105. The fraction of sp³-hybridized carbons (Fsp3) is 0.471. The van der Waals surface area contributed by atoms with Crippen LogP contribution in [0.3, 0.4) is 0 Å². The Bertz CT molecular complexity index is 740. The van der Waals surface area contributed by atoms with Crippen molar-refractivity contribution < 1.29 is 9.53 Å². The van der Waals surface area contributed by atoms with Crippen molar-refractivity contribution in [3.05, 3.63) is 41.7 Å². The van der Waals surface area contributed by atoms with E-state index in [9.17, 15) is 4.79 Å². The predicted octanol–water partition coefficient (Wildman–Crippen LogP) is 1.56. The number of amides is 2. The molecule has 1 aromatic carbocycles. The van der Waals surface area contributed by atoms with E-state index in [1.54, 1.807) is 11.7 Å². The summed E-state index contributed by atoms with van der Waals surface area (Å²) < 4.78 is 7.39. The summed E-state index contributed by atoms with van der Waals surface area (Å²) in [6, 6.07) is 10.2. The van der Waals surface area contributed by atoms with Crippen LogP contribution in [0.25, 0.3) is 0 Å². The monoisotopic (exact) mass is 327 g/mol. The standard InChI is InChI=1S/C17H21N5O2/c1-12-18-15(20-21(12)2)19-16(23)22-8-14-9-24-11-17(14,10-22)13-6-4-3-5-7-13/h3-7,14H,8-11H2,1-2H3,(H,19,20,23)/t14-,17+/m1/s1. The minimum atomic E-state index is -0.148. The molecule has 0 unspecified atom stereocenters. The highest BCUT2D eigenvalue weighted by Crippen LogP contribution is 2.43. The van der Waals surface area contributed by atoms with E-state index in [2.05, 4.69) is 27.5 Å². The van der Waals surface area contributed by atoms with Crippen molar-refractivity contribution in [2.45, 2.75) is 12.3 Å². The molecule has 24 heavy (non-hydrogen) atoms. The molecule has 7 nitrogen and oxygen atoms in total. The van der Waals surface area contributed by atoms with Crippen molar-refractivity contribution >= 4 is 12.0 Å². The third-order valence-electron chi connectivity index (χ3n) is 5.21. The quantitative estimate of drug-likeness (QED) is 0.908. The maximum Gasteiger partial charge on any atom is 0.324 e. The Labute approximate surface area is 140 Å². The smallest absolute Gasteiger partial charge is 0.324 e. The maximum absolute atomic E-state index is 12.6. The van der Waals surface area contributed by atoms with Crippen LogP contribution in [0.1, 0.15) is 11.4 Å². The molecule has 1 aromatic heterocycles. The molecule has 2 saturated heterocycles. The predicted molar refractivity (Wildman–Crippen MR) is 88.8 cm³/mol. The van der Waals surface area contributed by atoms with E-state index in [0.717, 1.165) is 5.82 Å². The Morgan fingerprint density at radius 3 is 2.88 bits per heavy atom. The first-order valence-corrected chi connectivity index (χ1v) is 8.15. The van der Waals surface area contributed by atoms with Gasteiger partial charge >= 0.3 is 6.03 Å². The minimum Gasteiger partial charge on any atom is -0.380 e. The van der Waals surface area contributed by atoms with Crippen LogP contribution < -0.4 is 5.32 Å². The molecule has 0 radical (unpaired) electrons. The summed E-state index contributed by atoms with van der Waals surface area (Å²) in [5.74, 6) is 1.43. The van der Waals surface area contributed by atoms with Gasteiger partial charge in [0.2, 0.25) is 5.95 Å². The summed E-state index contributed by atoms with van der Waals surface area (Å²) >= 11 is 0. The molecule has 2 atom stereocenters. The number of hydrogen-bond acceptors (Lipinski definition) is 4. The molecule has 0 bridgehead atoms. The van der Waals surface area contributed by atoms with Gasteiger partial charge in [-0.05, 0) is 12.5 Å². The number of rotatable bonds is 2. The molecule has 2 aliphatic heterocycles. The van der Waals surface area contributed by atoms with Gasteiger partial charge in [0.15, 0.2) is 0 Å². The molecule has 2 fully saturated rings. The first kappa shape index (κ1) is 15.1. The number of hydrogen-bond donors (Lipinski definition) is 1. The number of aryl methyl sites for hydroxylation is 2. The van der Waals surface area contributed by atoms with Gasteiger partial charge in [-0.2, -0.15) is 4.98 Å².